The van der Waals surface area contributed by atoms with Gasteiger partial charge < -0.3 is 15.4 Å². The molecule has 0 atom stereocenters. The van der Waals surface area contributed by atoms with E-state index in [0.29, 0.717) is 12.0 Å². The molecule has 0 aliphatic carbocycles. The number of hydrogen-bond donors (Lipinski definition) is 3. The van der Waals surface area contributed by atoms with Crippen LogP contribution in [0.2, 0.25) is 0 Å². The summed E-state index contributed by atoms with van der Waals surface area (Å²) >= 11 is 0. The molecule has 0 bridgehead atoms. The van der Waals surface area contributed by atoms with Crippen molar-refractivity contribution < 1.29 is 14.8 Å². The smallest absolute Gasteiger partial charge is 0.423 e. The normalized spacial score (nSPS) is 11.8. The third-order valence-electron chi connectivity index (χ3n) is 7.96. The van der Waals surface area contributed by atoms with Gasteiger partial charge in [-0.25, -0.2) is 0 Å². The predicted octanol–water partition coefficient (Wildman–Crippen LogP) is 5.60. The van der Waals surface area contributed by atoms with Crippen LogP contribution >= 0.6 is 0 Å². The first kappa shape index (κ1) is 28.1. The Hall–Kier alpha value is -3.45. The molecule has 0 saturated heterocycles. The van der Waals surface area contributed by atoms with Crippen LogP contribution in [0.25, 0.3) is 32.3 Å². The molecule has 0 radical (unpaired) electrons. The number of amides is 1. The Balaban J connectivity index is 1.35. The molecule has 6 heteroatoms. The minimum Gasteiger partial charge on any atom is -0.423 e. The first-order chi connectivity index (χ1) is 19.4. The molecule has 0 fully saturated rings. The fourth-order valence-electron chi connectivity index (χ4n) is 5.79. The minimum absolute atomic E-state index is 0.0219. The summed E-state index contributed by atoms with van der Waals surface area (Å²) in [5.74, 6) is 0.137. The number of carbonyl (C=O) groups is 1. The zero-order valence-corrected chi connectivity index (χ0v) is 23.6. The molecular weight excluding hydrogens is 495 g/mol. The standard InChI is InChI=1S/C34H39BN2O3/c1-24(2)34(38)36-20-7-3-4-8-21-37(23-29-10-5-6-13-31(29)35(39)40)22-28-17-16-27-15-14-25-11-9-12-26-18-19-30(28)33(27)32(25)26/h5-6,9-19,24,39-40H,3-4,7-8,20-23H2,1-2H3,(H,36,38). The van der Waals surface area contributed by atoms with E-state index in [1.165, 1.54) is 37.9 Å². The quantitative estimate of drug-likeness (QED) is 0.105. The summed E-state index contributed by atoms with van der Waals surface area (Å²) in [5.41, 5.74) is 2.78. The molecule has 0 aromatic heterocycles. The van der Waals surface area contributed by atoms with Gasteiger partial charge in [0, 0.05) is 25.6 Å². The molecule has 0 unspecified atom stereocenters. The Kier molecular flexibility index (Phi) is 9.00. The largest absolute Gasteiger partial charge is 0.488 e. The van der Waals surface area contributed by atoms with Gasteiger partial charge in [-0.3, -0.25) is 9.69 Å². The van der Waals surface area contributed by atoms with Crippen LogP contribution < -0.4 is 10.8 Å². The molecule has 5 aromatic rings. The molecule has 5 rings (SSSR count). The van der Waals surface area contributed by atoms with E-state index < -0.39 is 7.12 Å². The summed E-state index contributed by atoms with van der Waals surface area (Å²) in [5, 5.41) is 30.7. The second kappa shape index (κ2) is 12.8. The summed E-state index contributed by atoms with van der Waals surface area (Å²) in [6, 6.07) is 27.5. The van der Waals surface area contributed by atoms with Gasteiger partial charge in [-0.05, 0) is 68.3 Å². The van der Waals surface area contributed by atoms with E-state index in [4.69, 9.17) is 0 Å². The van der Waals surface area contributed by atoms with Gasteiger partial charge in [0.1, 0.15) is 0 Å². The van der Waals surface area contributed by atoms with Crippen molar-refractivity contribution in [3.63, 3.8) is 0 Å². The number of nitrogens with zero attached hydrogens (tertiary/aromatic N) is 1. The highest BCUT2D eigenvalue weighted by molar-refractivity contribution is 6.59. The van der Waals surface area contributed by atoms with E-state index in [0.717, 1.165) is 50.9 Å². The predicted molar refractivity (Wildman–Crippen MR) is 167 cm³/mol. The molecule has 0 aliphatic heterocycles. The minimum atomic E-state index is -1.49. The van der Waals surface area contributed by atoms with Gasteiger partial charge >= 0.3 is 7.12 Å². The number of benzene rings is 5. The Bertz CT molecular complexity index is 1570. The van der Waals surface area contributed by atoms with Crippen LogP contribution in [0, 0.1) is 5.92 Å². The second-order valence-electron chi connectivity index (χ2n) is 11.2. The van der Waals surface area contributed by atoms with Crippen molar-refractivity contribution in [3.8, 4) is 0 Å². The van der Waals surface area contributed by atoms with Crippen LogP contribution in [-0.4, -0.2) is 41.1 Å². The van der Waals surface area contributed by atoms with Crippen LogP contribution in [0.15, 0.2) is 78.9 Å². The topological polar surface area (TPSA) is 72.8 Å². The highest BCUT2D eigenvalue weighted by atomic mass is 16.4. The summed E-state index contributed by atoms with van der Waals surface area (Å²) in [4.78, 5) is 14.2. The first-order valence-electron chi connectivity index (χ1n) is 14.5. The van der Waals surface area contributed by atoms with Gasteiger partial charge in [0.15, 0.2) is 0 Å². The van der Waals surface area contributed by atoms with Crippen LogP contribution in [0.3, 0.4) is 0 Å². The maximum absolute atomic E-state index is 11.8. The van der Waals surface area contributed by atoms with E-state index in [2.05, 4.69) is 64.8 Å². The first-order valence-corrected chi connectivity index (χ1v) is 14.5. The lowest BCUT2D eigenvalue weighted by Gasteiger charge is -2.25. The number of unbranched alkanes of at least 4 members (excludes halogenated alkanes) is 3. The molecule has 5 aromatic carbocycles. The fourth-order valence-corrected chi connectivity index (χ4v) is 5.79. The van der Waals surface area contributed by atoms with Crippen molar-refractivity contribution in [2.75, 3.05) is 13.1 Å². The maximum atomic E-state index is 11.8. The number of carbonyl (C=O) groups excluding carboxylic acids is 1. The van der Waals surface area contributed by atoms with Crippen molar-refractivity contribution in [1.29, 1.82) is 0 Å². The van der Waals surface area contributed by atoms with Crippen LogP contribution in [0.4, 0.5) is 0 Å². The summed E-state index contributed by atoms with van der Waals surface area (Å²) in [6.45, 7) is 6.87. The lowest BCUT2D eigenvalue weighted by atomic mass is 9.77. The molecule has 1 amide bonds. The molecule has 5 nitrogen and oxygen atoms in total. The van der Waals surface area contributed by atoms with E-state index in [1.54, 1.807) is 6.07 Å². The van der Waals surface area contributed by atoms with Crippen LogP contribution in [0.5, 0.6) is 0 Å². The summed E-state index contributed by atoms with van der Waals surface area (Å²) < 4.78 is 0. The van der Waals surface area contributed by atoms with Crippen LogP contribution in [0.1, 0.15) is 50.7 Å². The molecule has 0 heterocycles. The molecule has 0 spiro atoms. The number of hydrogen-bond acceptors (Lipinski definition) is 4. The second-order valence-corrected chi connectivity index (χ2v) is 11.2. The highest BCUT2D eigenvalue weighted by Gasteiger charge is 2.19. The zero-order chi connectivity index (χ0) is 28.1. The molecular formula is C34H39BN2O3. The van der Waals surface area contributed by atoms with Gasteiger partial charge in [-0.1, -0.05) is 106 Å². The number of rotatable bonds is 13. The number of nitrogens with one attached hydrogen (secondary N) is 1. The molecule has 0 saturated carbocycles. The van der Waals surface area contributed by atoms with E-state index in [1.807, 2.05) is 32.0 Å². The molecule has 40 heavy (non-hydrogen) atoms. The summed E-state index contributed by atoms with van der Waals surface area (Å²) in [6.07, 6.45) is 4.16. The van der Waals surface area contributed by atoms with Gasteiger partial charge in [0.2, 0.25) is 5.91 Å². The Morgan fingerprint density at radius 1 is 0.750 bits per heavy atom. The highest BCUT2D eigenvalue weighted by Crippen LogP contribution is 2.36. The molecule has 206 valence electrons. The van der Waals surface area contributed by atoms with Crippen molar-refractivity contribution in [3.05, 3.63) is 90.0 Å². The van der Waals surface area contributed by atoms with Gasteiger partial charge in [0.05, 0.1) is 0 Å². The van der Waals surface area contributed by atoms with Crippen molar-refractivity contribution >= 4 is 50.8 Å². The average Bonchev–Trinajstić information content (AvgIpc) is 2.96. The molecule has 3 N–H and O–H groups in total. The average molecular weight is 535 g/mol. The monoisotopic (exact) mass is 534 g/mol. The van der Waals surface area contributed by atoms with Crippen molar-refractivity contribution in [2.45, 2.75) is 52.6 Å². The SMILES string of the molecule is CC(C)C(=O)NCCCCCCN(Cc1ccccc1B(O)O)Cc1ccc2ccc3cccc4ccc1c2c34. The Morgan fingerprint density at radius 3 is 2.15 bits per heavy atom. The Morgan fingerprint density at radius 2 is 1.40 bits per heavy atom. The fraction of sp³-hybridized carbons (Fsp3) is 0.324. The third-order valence-corrected chi connectivity index (χ3v) is 7.96. The van der Waals surface area contributed by atoms with Crippen molar-refractivity contribution in [1.82, 2.24) is 10.2 Å². The van der Waals surface area contributed by atoms with Gasteiger partial charge in [-0.2, -0.15) is 0 Å². The van der Waals surface area contributed by atoms with E-state index in [9.17, 15) is 14.8 Å². The van der Waals surface area contributed by atoms with Gasteiger partial charge in [0.25, 0.3) is 0 Å². The lowest BCUT2D eigenvalue weighted by molar-refractivity contribution is -0.123. The third kappa shape index (κ3) is 6.30. The zero-order valence-electron chi connectivity index (χ0n) is 23.6. The van der Waals surface area contributed by atoms with E-state index in [-0.39, 0.29) is 11.8 Å². The Labute approximate surface area is 237 Å². The van der Waals surface area contributed by atoms with Crippen molar-refractivity contribution in [2.24, 2.45) is 5.92 Å². The lowest BCUT2D eigenvalue weighted by Crippen LogP contribution is -2.36. The molecule has 0 aliphatic rings. The van der Waals surface area contributed by atoms with E-state index >= 15 is 0 Å². The van der Waals surface area contributed by atoms with Crippen LogP contribution in [-0.2, 0) is 17.9 Å². The maximum Gasteiger partial charge on any atom is 0.488 e. The van der Waals surface area contributed by atoms with Gasteiger partial charge in [-0.15, -0.1) is 0 Å². The summed E-state index contributed by atoms with van der Waals surface area (Å²) in [7, 11) is -1.49.